The molecule has 0 spiro atoms. The van der Waals surface area contributed by atoms with E-state index in [1.807, 2.05) is 27.7 Å². The van der Waals surface area contributed by atoms with Gasteiger partial charge in [-0.15, -0.1) is 0 Å². The highest BCUT2D eigenvalue weighted by atomic mass is 16.3. The molecule has 0 aromatic rings. The zero-order chi connectivity index (χ0) is 8.36. The summed E-state index contributed by atoms with van der Waals surface area (Å²) in [7, 11) is 0. The van der Waals surface area contributed by atoms with Gasteiger partial charge in [0.2, 0.25) is 0 Å². The smallest absolute Gasteiger partial charge is 0.0885 e. The molecule has 2 nitrogen and oxygen atoms in total. The maximum absolute atomic E-state index is 9.05. The summed E-state index contributed by atoms with van der Waals surface area (Å²) < 4.78 is 0. The minimum absolute atomic E-state index is 0.0684. The lowest BCUT2D eigenvalue weighted by Gasteiger charge is -2.15. The van der Waals surface area contributed by atoms with E-state index < -0.39 is 6.10 Å². The molecular formula is C8H17NO. The molecule has 2 heteroatoms. The summed E-state index contributed by atoms with van der Waals surface area (Å²) >= 11 is 0. The highest BCUT2D eigenvalue weighted by Crippen LogP contribution is 2.07. The molecule has 0 aliphatic rings. The second-order valence-electron chi connectivity index (χ2n) is 3.60. The largest absolute Gasteiger partial charge is 0.387 e. The molecule has 1 unspecified atom stereocenters. The van der Waals surface area contributed by atoms with E-state index in [0.717, 1.165) is 5.71 Å². The van der Waals surface area contributed by atoms with Gasteiger partial charge >= 0.3 is 0 Å². The van der Waals surface area contributed by atoms with Gasteiger partial charge in [-0.2, -0.15) is 0 Å². The summed E-state index contributed by atoms with van der Waals surface area (Å²) in [5.74, 6) is 0. The SMILES string of the molecule is C/C(=N/C(C)(C)C)C(C)O. The predicted octanol–water partition coefficient (Wildman–Crippen LogP) is 1.63. The zero-order valence-corrected chi connectivity index (χ0v) is 7.47. The van der Waals surface area contributed by atoms with Crippen LogP contribution in [0.15, 0.2) is 4.99 Å². The summed E-state index contributed by atoms with van der Waals surface area (Å²) in [6.45, 7) is 9.61. The second kappa shape index (κ2) is 3.15. The van der Waals surface area contributed by atoms with Crippen molar-refractivity contribution in [2.24, 2.45) is 4.99 Å². The van der Waals surface area contributed by atoms with Crippen LogP contribution in [0.4, 0.5) is 0 Å². The molecule has 1 N–H and O–H groups in total. The van der Waals surface area contributed by atoms with Crippen molar-refractivity contribution in [1.82, 2.24) is 0 Å². The van der Waals surface area contributed by atoms with Crippen LogP contribution >= 0.6 is 0 Å². The van der Waals surface area contributed by atoms with Crippen LogP contribution in [0.25, 0.3) is 0 Å². The van der Waals surface area contributed by atoms with E-state index in [1.165, 1.54) is 0 Å². The number of aliphatic imine (C=N–C) groups is 1. The van der Waals surface area contributed by atoms with Gasteiger partial charge in [-0.05, 0) is 34.6 Å². The fourth-order valence-corrected chi connectivity index (χ4v) is 0.622. The van der Waals surface area contributed by atoms with E-state index in [1.54, 1.807) is 6.92 Å². The third-order valence-electron chi connectivity index (χ3n) is 1.12. The highest BCUT2D eigenvalue weighted by molar-refractivity contribution is 5.86. The van der Waals surface area contributed by atoms with Crippen molar-refractivity contribution in [3.8, 4) is 0 Å². The Hall–Kier alpha value is -0.370. The highest BCUT2D eigenvalue weighted by Gasteiger charge is 2.09. The average molecular weight is 143 g/mol. The van der Waals surface area contributed by atoms with Crippen LogP contribution in [0.5, 0.6) is 0 Å². The van der Waals surface area contributed by atoms with Crippen molar-refractivity contribution in [2.75, 3.05) is 0 Å². The van der Waals surface area contributed by atoms with Crippen LogP contribution in [0.3, 0.4) is 0 Å². The van der Waals surface area contributed by atoms with Gasteiger partial charge in [-0.3, -0.25) is 4.99 Å². The monoisotopic (exact) mass is 143 g/mol. The molecule has 0 amide bonds. The van der Waals surface area contributed by atoms with Crippen LogP contribution in [-0.2, 0) is 0 Å². The van der Waals surface area contributed by atoms with Gasteiger partial charge < -0.3 is 5.11 Å². The lowest BCUT2D eigenvalue weighted by Crippen LogP contribution is -2.19. The van der Waals surface area contributed by atoms with Crippen molar-refractivity contribution in [2.45, 2.75) is 46.3 Å². The summed E-state index contributed by atoms with van der Waals surface area (Å²) in [5, 5.41) is 9.05. The number of rotatable bonds is 1. The molecule has 1 atom stereocenters. The van der Waals surface area contributed by atoms with Gasteiger partial charge in [0.1, 0.15) is 0 Å². The number of hydrogen-bond donors (Lipinski definition) is 1. The first-order valence-corrected chi connectivity index (χ1v) is 3.57. The van der Waals surface area contributed by atoms with Crippen molar-refractivity contribution in [3.63, 3.8) is 0 Å². The third kappa shape index (κ3) is 4.50. The van der Waals surface area contributed by atoms with E-state index in [0.29, 0.717) is 0 Å². The van der Waals surface area contributed by atoms with Gasteiger partial charge in [0, 0.05) is 5.71 Å². The fraction of sp³-hybridized carbons (Fsp3) is 0.875. The van der Waals surface area contributed by atoms with Crippen LogP contribution in [0, 0.1) is 0 Å². The van der Waals surface area contributed by atoms with Gasteiger partial charge in [-0.25, -0.2) is 0 Å². The normalized spacial score (nSPS) is 17.2. The molecule has 0 radical (unpaired) electrons. The Labute approximate surface area is 63.0 Å². The Morgan fingerprint density at radius 2 is 1.80 bits per heavy atom. The summed E-state index contributed by atoms with van der Waals surface area (Å²) in [6, 6.07) is 0. The van der Waals surface area contributed by atoms with Crippen LogP contribution in [0.2, 0.25) is 0 Å². The standard InChI is InChI=1S/C8H17NO/c1-6(7(2)10)9-8(3,4)5/h7,10H,1-5H3/b9-6-. The Kier molecular flexibility index (Phi) is 3.03. The molecule has 0 aromatic heterocycles. The Morgan fingerprint density at radius 1 is 1.40 bits per heavy atom. The first kappa shape index (κ1) is 9.63. The van der Waals surface area contributed by atoms with Gasteiger partial charge in [-0.1, -0.05) is 0 Å². The molecule has 0 aliphatic carbocycles. The van der Waals surface area contributed by atoms with Gasteiger partial charge in [0.25, 0.3) is 0 Å². The zero-order valence-electron chi connectivity index (χ0n) is 7.47. The maximum Gasteiger partial charge on any atom is 0.0885 e. The van der Waals surface area contributed by atoms with Crippen LogP contribution < -0.4 is 0 Å². The van der Waals surface area contributed by atoms with Crippen molar-refractivity contribution in [3.05, 3.63) is 0 Å². The van der Waals surface area contributed by atoms with E-state index in [-0.39, 0.29) is 5.54 Å². The lowest BCUT2D eigenvalue weighted by molar-refractivity contribution is 0.260. The van der Waals surface area contributed by atoms with Crippen LogP contribution in [0.1, 0.15) is 34.6 Å². The fourth-order valence-electron chi connectivity index (χ4n) is 0.622. The maximum atomic E-state index is 9.05. The first-order valence-electron chi connectivity index (χ1n) is 3.57. The molecule has 60 valence electrons. The number of hydrogen-bond acceptors (Lipinski definition) is 2. The molecule has 0 bridgehead atoms. The average Bonchev–Trinajstić information content (AvgIpc) is 1.60. The summed E-state index contributed by atoms with van der Waals surface area (Å²) in [4.78, 5) is 4.28. The number of aliphatic hydroxyl groups excluding tert-OH is 1. The number of aliphatic hydroxyl groups is 1. The van der Waals surface area contributed by atoms with Gasteiger partial charge in [0.15, 0.2) is 0 Å². The second-order valence-corrected chi connectivity index (χ2v) is 3.60. The lowest BCUT2D eigenvalue weighted by atomic mass is 10.1. The topological polar surface area (TPSA) is 32.6 Å². The van der Waals surface area contributed by atoms with E-state index in [4.69, 9.17) is 5.11 Å². The predicted molar refractivity (Wildman–Crippen MR) is 44.5 cm³/mol. The summed E-state index contributed by atoms with van der Waals surface area (Å²) in [5.41, 5.74) is 0.730. The Morgan fingerprint density at radius 3 is 1.90 bits per heavy atom. The van der Waals surface area contributed by atoms with E-state index in [9.17, 15) is 0 Å². The molecule has 0 rings (SSSR count). The van der Waals surface area contributed by atoms with Crippen LogP contribution in [-0.4, -0.2) is 22.5 Å². The quantitative estimate of drug-likeness (QED) is 0.556. The van der Waals surface area contributed by atoms with Crippen molar-refractivity contribution >= 4 is 5.71 Å². The molecule has 0 aliphatic heterocycles. The van der Waals surface area contributed by atoms with Gasteiger partial charge in [0.05, 0.1) is 11.6 Å². The Bertz CT molecular complexity index is 131. The van der Waals surface area contributed by atoms with E-state index >= 15 is 0 Å². The van der Waals surface area contributed by atoms with Crippen molar-refractivity contribution in [1.29, 1.82) is 0 Å². The molecular weight excluding hydrogens is 126 g/mol. The first-order chi connectivity index (χ1) is 4.33. The number of nitrogens with zero attached hydrogens (tertiary/aromatic N) is 1. The molecule has 0 fully saturated rings. The molecule has 0 heterocycles. The Balaban J connectivity index is 4.17. The van der Waals surface area contributed by atoms with Crippen molar-refractivity contribution < 1.29 is 5.11 Å². The molecule has 0 aromatic carbocycles. The van der Waals surface area contributed by atoms with E-state index in [2.05, 4.69) is 4.99 Å². The minimum atomic E-state index is -0.417. The molecule has 10 heavy (non-hydrogen) atoms. The summed E-state index contributed by atoms with van der Waals surface area (Å²) in [6.07, 6.45) is -0.417. The molecule has 0 saturated carbocycles. The minimum Gasteiger partial charge on any atom is -0.387 e. The molecule has 0 saturated heterocycles. The third-order valence-corrected chi connectivity index (χ3v) is 1.12.